The summed E-state index contributed by atoms with van der Waals surface area (Å²) in [7, 11) is 0. The second kappa shape index (κ2) is 15.1. The molecule has 0 aromatic rings. The SMILES string of the molecule is CCCCCCCCC(O)C=CC#CCCCCC(=O)O. The molecule has 0 saturated heterocycles. The van der Waals surface area contributed by atoms with Crippen molar-refractivity contribution >= 4 is 5.97 Å². The third-order valence-electron chi connectivity index (χ3n) is 3.30. The standard InChI is InChI=1S/C18H30O3/c1-2-3-4-5-8-11-14-17(19)15-12-9-6-7-10-13-16-18(20)21/h12,15,17,19H,2-5,7-8,10-11,13-14,16H2,1H3,(H,20,21). The minimum Gasteiger partial charge on any atom is -0.481 e. The Morgan fingerprint density at radius 1 is 1.10 bits per heavy atom. The number of carbonyl (C=O) groups is 1. The van der Waals surface area contributed by atoms with E-state index in [0.717, 1.165) is 19.3 Å². The fourth-order valence-electron chi connectivity index (χ4n) is 2.01. The second-order valence-corrected chi connectivity index (χ2v) is 5.40. The Labute approximate surface area is 129 Å². The molecule has 1 unspecified atom stereocenters. The normalized spacial score (nSPS) is 12.1. The van der Waals surface area contributed by atoms with Gasteiger partial charge in [-0.05, 0) is 31.4 Å². The molecule has 0 aromatic carbocycles. The van der Waals surface area contributed by atoms with Gasteiger partial charge in [0.2, 0.25) is 0 Å². The van der Waals surface area contributed by atoms with Crippen molar-refractivity contribution in [3.8, 4) is 11.8 Å². The first-order chi connectivity index (χ1) is 10.2. The number of hydrogen-bond acceptors (Lipinski definition) is 2. The summed E-state index contributed by atoms with van der Waals surface area (Å²) >= 11 is 0. The molecule has 0 radical (unpaired) electrons. The number of allylic oxidation sites excluding steroid dienone is 1. The number of hydrogen-bond donors (Lipinski definition) is 2. The summed E-state index contributed by atoms with van der Waals surface area (Å²) in [4.78, 5) is 10.3. The predicted octanol–water partition coefficient (Wildman–Crippen LogP) is 4.30. The van der Waals surface area contributed by atoms with Gasteiger partial charge in [-0.2, -0.15) is 0 Å². The zero-order valence-corrected chi connectivity index (χ0v) is 13.3. The molecule has 2 N–H and O–H groups in total. The smallest absolute Gasteiger partial charge is 0.303 e. The van der Waals surface area contributed by atoms with E-state index in [1.165, 1.54) is 32.1 Å². The molecule has 0 aliphatic carbocycles. The Hall–Kier alpha value is -1.27. The van der Waals surface area contributed by atoms with Gasteiger partial charge >= 0.3 is 5.97 Å². The average Bonchev–Trinajstić information content (AvgIpc) is 2.45. The molecule has 0 spiro atoms. The molecule has 0 rings (SSSR count). The van der Waals surface area contributed by atoms with Crippen molar-refractivity contribution in [3.05, 3.63) is 12.2 Å². The molecule has 120 valence electrons. The second-order valence-electron chi connectivity index (χ2n) is 5.40. The van der Waals surface area contributed by atoms with Crippen LogP contribution in [0.2, 0.25) is 0 Å². The molecule has 0 aromatic heterocycles. The van der Waals surface area contributed by atoms with Crippen molar-refractivity contribution in [2.24, 2.45) is 0 Å². The van der Waals surface area contributed by atoms with Crippen LogP contribution >= 0.6 is 0 Å². The van der Waals surface area contributed by atoms with E-state index in [4.69, 9.17) is 5.11 Å². The quantitative estimate of drug-likeness (QED) is 0.417. The van der Waals surface area contributed by atoms with Gasteiger partial charge in [0, 0.05) is 12.8 Å². The van der Waals surface area contributed by atoms with Gasteiger partial charge in [-0.3, -0.25) is 4.79 Å². The van der Waals surface area contributed by atoms with E-state index in [1.807, 2.05) is 0 Å². The summed E-state index contributed by atoms with van der Waals surface area (Å²) in [5, 5.41) is 18.2. The van der Waals surface area contributed by atoms with E-state index in [9.17, 15) is 9.90 Å². The van der Waals surface area contributed by atoms with Crippen molar-refractivity contribution in [2.75, 3.05) is 0 Å². The van der Waals surface area contributed by atoms with Crippen LogP contribution in [0.4, 0.5) is 0 Å². The molecule has 0 amide bonds. The minimum atomic E-state index is -0.749. The van der Waals surface area contributed by atoms with E-state index in [2.05, 4.69) is 18.8 Å². The van der Waals surface area contributed by atoms with Crippen LogP contribution in [-0.2, 0) is 4.79 Å². The number of rotatable bonds is 12. The maximum atomic E-state index is 10.3. The summed E-state index contributed by atoms with van der Waals surface area (Å²) in [6.07, 6.45) is 13.7. The first-order valence-corrected chi connectivity index (χ1v) is 8.21. The summed E-state index contributed by atoms with van der Waals surface area (Å²) in [6.45, 7) is 2.21. The Kier molecular flexibility index (Phi) is 14.2. The van der Waals surface area contributed by atoms with Crippen molar-refractivity contribution < 1.29 is 15.0 Å². The van der Waals surface area contributed by atoms with Gasteiger partial charge in [0.25, 0.3) is 0 Å². The number of unbranched alkanes of at least 4 members (excludes halogenated alkanes) is 7. The van der Waals surface area contributed by atoms with Crippen LogP contribution in [0.1, 0.15) is 77.6 Å². The highest BCUT2D eigenvalue weighted by atomic mass is 16.4. The summed E-state index contributed by atoms with van der Waals surface area (Å²) < 4.78 is 0. The highest BCUT2D eigenvalue weighted by Crippen LogP contribution is 2.09. The van der Waals surface area contributed by atoms with Gasteiger partial charge in [-0.25, -0.2) is 0 Å². The van der Waals surface area contributed by atoms with Crippen molar-refractivity contribution in [3.63, 3.8) is 0 Å². The molecule has 0 heterocycles. The Balaban J connectivity index is 3.48. The topological polar surface area (TPSA) is 57.5 Å². The minimum absolute atomic E-state index is 0.217. The van der Waals surface area contributed by atoms with Crippen molar-refractivity contribution in [1.82, 2.24) is 0 Å². The number of aliphatic hydroxyl groups is 1. The van der Waals surface area contributed by atoms with Crippen LogP contribution in [-0.4, -0.2) is 22.3 Å². The lowest BCUT2D eigenvalue weighted by molar-refractivity contribution is -0.137. The average molecular weight is 294 g/mol. The summed E-state index contributed by atoms with van der Waals surface area (Å²) in [6, 6.07) is 0. The van der Waals surface area contributed by atoms with Gasteiger partial charge in [0.05, 0.1) is 6.10 Å². The van der Waals surface area contributed by atoms with Gasteiger partial charge in [-0.15, -0.1) is 0 Å². The predicted molar refractivity (Wildman–Crippen MR) is 87.0 cm³/mol. The van der Waals surface area contributed by atoms with Crippen LogP contribution in [0.25, 0.3) is 0 Å². The lowest BCUT2D eigenvalue weighted by atomic mass is 10.1. The molecule has 3 heteroatoms. The monoisotopic (exact) mass is 294 g/mol. The zero-order chi connectivity index (χ0) is 15.8. The molecule has 21 heavy (non-hydrogen) atoms. The molecule has 1 atom stereocenters. The molecule has 0 aliphatic heterocycles. The summed E-state index contributed by atoms with van der Waals surface area (Å²) in [5.74, 6) is 5.10. The fourth-order valence-corrected chi connectivity index (χ4v) is 2.01. The van der Waals surface area contributed by atoms with Crippen LogP contribution in [0.15, 0.2) is 12.2 Å². The van der Waals surface area contributed by atoms with E-state index in [-0.39, 0.29) is 6.42 Å². The highest BCUT2D eigenvalue weighted by Gasteiger charge is 1.98. The molecule has 0 saturated carbocycles. The molecule has 3 nitrogen and oxygen atoms in total. The van der Waals surface area contributed by atoms with E-state index in [0.29, 0.717) is 12.8 Å². The zero-order valence-electron chi connectivity index (χ0n) is 13.3. The molecule has 0 fully saturated rings. The third kappa shape index (κ3) is 16.7. The lowest BCUT2D eigenvalue weighted by Crippen LogP contribution is -2.01. The van der Waals surface area contributed by atoms with E-state index >= 15 is 0 Å². The van der Waals surface area contributed by atoms with Crippen molar-refractivity contribution in [1.29, 1.82) is 0 Å². The first-order valence-electron chi connectivity index (χ1n) is 8.21. The molecule has 0 bridgehead atoms. The molecule has 0 aliphatic rings. The Morgan fingerprint density at radius 2 is 1.81 bits per heavy atom. The molecular weight excluding hydrogens is 264 g/mol. The summed E-state index contributed by atoms with van der Waals surface area (Å²) in [5.41, 5.74) is 0. The first kappa shape index (κ1) is 19.7. The maximum Gasteiger partial charge on any atom is 0.303 e. The van der Waals surface area contributed by atoms with E-state index in [1.54, 1.807) is 12.2 Å². The van der Waals surface area contributed by atoms with Gasteiger partial charge in [0.1, 0.15) is 0 Å². The van der Waals surface area contributed by atoms with Gasteiger partial charge in [-0.1, -0.05) is 57.3 Å². The lowest BCUT2D eigenvalue weighted by Gasteiger charge is -2.04. The van der Waals surface area contributed by atoms with Gasteiger partial charge in [0.15, 0.2) is 0 Å². The highest BCUT2D eigenvalue weighted by molar-refractivity contribution is 5.66. The third-order valence-corrected chi connectivity index (χ3v) is 3.30. The van der Waals surface area contributed by atoms with Crippen LogP contribution in [0.3, 0.4) is 0 Å². The van der Waals surface area contributed by atoms with Crippen LogP contribution in [0.5, 0.6) is 0 Å². The number of carboxylic acid groups (broad SMARTS) is 1. The van der Waals surface area contributed by atoms with Crippen LogP contribution < -0.4 is 0 Å². The van der Waals surface area contributed by atoms with E-state index < -0.39 is 12.1 Å². The largest absolute Gasteiger partial charge is 0.481 e. The Morgan fingerprint density at radius 3 is 2.52 bits per heavy atom. The maximum absolute atomic E-state index is 10.3. The fraction of sp³-hybridized carbons (Fsp3) is 0.722. The molecular formula is C18H30O3. The number of aliphatic hydroxyl groups excluding tert-OH is 1. The number of carboxylic acids is 1. The number of aliphatic carboxylic acids is 1. The van der Waals surface area contributed by atoms with Gasteiger partial charge < -0.3 is 10.2 Å². The van der Waals surface area contributed by atoms with Crippen LogP contribution in [0, 0.1) is 11.8 Å². The van der Waals surface area contributed by atoms with Crippen molar-refractivity contribution in [2.45, 2.75) is 83.7 Å². The Bertz CT molecular complexity index is 336.